The summed E-state index contributed by atoms with van der Waals surface area (Å²) in [6, 6.07) is 13.4. The lowest BCUT2D eigenvalue weighted by atomic mass is 10.2. The molecule has 0 aliphatic heterocycles. The van der Waals surface area contributed by atoms with Crippen LogP contribution in [0.15, 0.2) is 57.9 Å². The Morgan fingerprint density at radius 3 is 2.33 bits per heavy atom. The molecule has 0 bridgehead atoms. The Hall–Kier alpha value is -1.90. The second-order valence-corrected chi connectivity index (χ2v) is 8.78. The van der Waals surface area contributed by atoms with Crippen LogP contribution in [0.1, 0.15) is 12.0 Å². The van der Waals surface area contributed by atoms with Gasteiger partial charge < -0.3 is 10.1 Å². The first-order valence-electron chi connectivity index (χ1n) is 8.45. The first-order valence-corrected chi connectivity index (χ1v) is 10.7. The fourth-order valence-electron chi connectivity index (χ4n) is 2.39. The summed E-state index contributed by atoms with van der Waals surface area (Å²) in [5.74, 6) is -0.371. The van der Waals surface area contributed by atoms with Crippen LogP contribution in [0.4, 0.5) is 5.69 Å². The highest BCUT2D eigenvalue weighted by Gasteiger charge is 2.27. The number of benzene rings is 2. The van der Waals surface area contributed by atoms with E-state index < -0.39 is 10.0 Å². The monoisotopic (exact) mass is 454 g/mol. The Bertz CT molecular complexity index is 852. The third kappa shape index (κ3) is 6.05. The second kappa shape index (κ2) is 9.87. The van der Waals surface area contributed by atoms with Crippen LogP contribution in [0.5, 0.6) is 0 Å². The van der Waals surface area contributed by atoms with Crippen molar-refractivity contribution in [2.24, 2.45) is 0 Å². The standard InChI is InChI=1S/C19H23BrN2O4S/c1-15-4-10-18(11-5-15)27(24,25)22(17-8-6-16(20)7-9-17)14-19(23)21-12-3-13-26-2/h4-11H,3,12-14H2,1-2H3,(H,21,23). The number of carbonyl (C=O) groups excluding carboxylic acids is 1. The fourth-order valence-corrected chi connectivity index (χ4v) is 4.08. The SMILES string of the molecule is COCCCNC(=O)CN(c1ccc(Br)cc1)S(=O)(=O)c1ccc(C)cc1. The third-order valence-electron chi connectivity index (χ3n) is 3.86. The van der Waals surface area contributed by atoms with Crippen molar-refractivity contribution in [3.8, 4) is 0 Å². The van der Waals surface area contributed by atoms with Crippen LogP contribution in [0.2, 0.25) is 0 Å². The maximum absolute atomic E-state index is 13.2. The molecule has 0 unspecified atom stereocenters. The van der Waals surface area contributed by atoms with Gasteiger partial charge in [0.05, 0.1) is 10.6 Å². The molecule has 1 amide bonds. The summed E-state index contributed by atoms with van der Waals surface area (Å²) in [6.07, 6.45) is 0.658. The lowest BCUT2D eigenvalue weighted by molar-refractivity contribution is -0.119. The molecule has 2 rings (SSSR count). The van der Waals surface area contributed by atoms with Crippen molar-refractivity contribution in [3.05, 3.63) is 58.6 Å². The van der Waals surface area contributed by atoms with Gasteiger partial charge in [0.2, 0.25) is 5.91 Å². The summed E-state index contributed by atoms with van der Waals surface area (Å²) in [7, 11) is -2.29. The first kappa shape index (κ1) is 21.4. The van der Waals surface area contributed by atoms with Crippen molar-refractivity contribution in [1.82, 2.24) is 5.32 Å². The van der Waals surface area contributed by atoms with E-state index in [0.717, 1.165) is 14.3 Å². The molecule has 2 aromatic carbocycles. The van der Waals surface area contributed by atoms with E-state index >= 15 is 0 Å². The lowest BCUT2D eigenvalue weighted by Gasteiger charge is -2.24. The molecular weight excluding hydrogens is 432 g/mol. The van der Waals surface area contributed by atoms with Crippen molar-refractivity contribution in [2.75, 3.05) is 31.1 Å². The van der Waals surface area contributed by atoms with Gasteiger partial charge in [-0.15, -0.1) is 0 Å². The van der Waals surface area contributed by atoms with Gasteiger partial charge in [0, 0.05) is 24.7 Å². The molecule has 0 radical (unpaired) electrons. The molecule has 6 nitrogen and oxygen atoms in total. The summed E-state index contributed by atoms with van der Waals surface area (Å²) in [6.45, 7) is 2.53. The number of methoxy groups -OCH3 is 1. The van der Waals surface area contributed by atoms with Crippen molar-refractivity contribution in [3.63, 3.8) is 0 Å². The molecule has 8 heteroatoms. The molecule has 0 fully saturated rings. The van der Waals surface area contributed by atoms with Gasteiger partial charge in [-0.3, -0.25) is 9.10 Å². The van der Waals surface area contributed by atoms with Crippen molar-refractivity contribution in [1.29, 1.82) is 0 Å². The zero-order valence-electron chi connectivity index (χ0n) is 15.3. The number of sulfonamides is 1. The molecule has 27 heavy (non-hydrogen) atoms. The van der Waals surface area contributed by atoms with Gasteiger partial charge >= 0.3 is 0 Å². The molecule has 0 aliphatic rings. The average Bonchev–Trinajstić information content (AvgIpc) is 2.64. The predicted molar refractivity (Wildman–Crippen MR) is 109 cm³/mol. The van der Waals surface area contributed by atoms with Crippen LogP contribution >= 0.6 is 15.9 Å². The Balaban J connectivity index is 2.28. The van der Waals surface area contributed by atoms with Crippen molar-refractivity contribution >= 4 is 37.5 Å². The number of anilines is 1. The molecule has 2 aromatic rings. The van der Waals surface area contributed by atoms with Gasteiger partial charge in [0.25, 0.3) is 10.0 Å². The van der Waals surface area contributed by atoms with Crippen LogP contribution < -0.4 is 9.62 Å². The van der Waals surface area contributed by atoms with E-state index in [4.69, 9.17) is 4.74 Å². The normalized spacial score (nSPS) is 11.2. The minimum absolute atomic E-state index is 0.142. The summed E-state index contributed by atoms with van der Waals surface area (Å²) >= 11 is 3.34. The zero-order chi connectivity index (χ0) is 19.9. The molecule has 0 aliphatic carbocycles. The van der Waals surface area contributed by atoms with E-state index in [1.54, 1.807) is 55.6 Å². The minimum atomic E-state index is -3.88. The molecule has 0 heterocycles. The maximum Gasteiger partial charge on any atom is 0.264 e. The van der Waals surface area contributed by atoms with E-state index in [1.807, 2.05) is 6.92 Å². The van der Waals surface area contributed by atoms with E-state index in [2.05, 4.69) is 21.2 Å². The maximum atomic E-state index is 13.2. The number of amides is 1. The smallest absolute Gasteiger partial charge is 0.264 e. The Morgan fingerprint density at radius 2 is 1.74 bits per heavy atom. The fraction of sp³-hybridized carbons (Fsp3) is 0.316. The number of hydrogen-bond donors (Lipinski definition) is 1. The average molecular weight is 455 g/mol. The van der Waals surface area contributed by atoms with Gasteiger partial charge in [-0.05, 0) is 49.7 Å². The summed E-state index contributed by atoms with van der Waals surface area (Å²) in [5, 5.41) is 2.73. The number of nitrogens with zero attached hydrogens (tertiary/aromatic N) is 1. The number of hydrogen-bond acceptors (Lipinski definition) is 4. The van der Waals surface area contributed by atoms with Gasteiger partial charge in [-0.25, -0.2) is 8.42 Å². The van der Waals surface area contributed by atoms with E-state index in [0.29, 0.717) is 25.3 Å². The van der Waals surface area contributed by atoms with Gasteiger partial charge in [0.1, 0.15) is 6.54 Å². The summed E-state index contributed by atoms with van der Waals surface area (Å²) in [5.41, 5.74) is 1.38. The number of rotatable bonds is 9. The molecule has 0 atom stereocenters. The van der Waals surface area contributed by atoms with Gasteiger partial charge in [0.15, 0.2) is 0 Å². The molecular formula is C19H23BrN2O4S. The predicted octanol–water partition coefficient (Wildman–Crippen LogP) is 3.11. The number of ether oxygens (including phenoxy) is 1. The number of halogens is 1. The molecule has 0 saturated heterocycles. The second-order valence-electron chi connectivity index (χ2n) is 6.00. The van der Waals surface area contributed by atoms with Crippen molar-refractivity contribution in [2.45, 2.75) is 18.2 Å². The highest BCUT2D eigenvalue weighted by Crippen LogP contribution is 2.25. The van der Waals surface area contributed by atoms with Crippen LogP contribution in [0, 0.1) is 6.92 Å². The zero-order valence-corrected chi connectivity index (χ0v) is 17.7. The third-order valence-corrected chi connectivity index (χ3v) is 6.17. The summed E-state index contributed by atoms with van der Waals surface area (Å²) in [4.78, 5) is 12.5. The van der Waals surface area contributed by atoms with E-state index in [-0.39, 0.29) is 17.3 Å². The highest BCUT2D eigenvalue weighted by molar-refractivity contribution is 9.10. The Kier molecular flexibility index (Phi) is 7.82. The van der Waals surface area contributed by atoms with Gasteiger partial charge in [-0.2, -0.15) is 0 Å². The summed E-state index contributed by atoms with van der Waals surface area (Å²) < 4.78 is 33.2. The topological polar surface area (TPSA) is 75.7 Å². The molecule has 1 N–H and O–H groups in total. The van der Waals surface area contributed by atoms with E-state index in [1.165, 1.54) is 0 Å². The first-order chi connectivity index (χ1) is 12.8. The highest BCUT2D eigenvalue weighted by atomic mass is 79.9. The molecule has 0 saturated carbocycles. The number of nitrogens with one attached hydrogen (secondary N) is 1. The lowest BCUT2D eigenvalue weighted by Crippen LogP contribution is -2.41. The number of aryl methyl sites for hydroxylation is 1. The molecule has 146 valence electrons. The van der Waals surface area contributed by atoms with Crippen LogP contribution in [0.25, 0.3) is 0 Å². The minimum Gasteiger partial charge on any atom is -0.385 e. The Morgan fingerprint density at radius 1 is 1.11 bits per heavy atom. The van der Waals surface area contributed by atoms with E-state index in [9.17, 15) is 13.2 Å². The van der Waals surface area contributed by atoms with Gasteiger partial charge in [-0.1, -0.05) is 33.6 Å². The van der Waals surface area contributed by atoms with Crippen LogP contribution in [0.3, 0.4) is 0 Å². The van der Waals surface area contributed by atoms with Crippen LogP contribution in [-0.4, -0.2) is 41.1 Å². The Labute approximate surface area is 168 Å². The largest absolute Gasteiger partial charge is 0.385 e. The van der Waals surface area contributed by atoms with Crippen molar-refractivity contribution < 1.29 is 17.9 Å². The number of carbonyl (C=O) groups is 1. The van der Waals surface area contributed by atoms with Crippen LogP contribution in [-0.2, 0) is 19.6 Å². The molecule has 0 spiro atoms. The quantitative estimate of drug-likeness (QED) is 0.590. The molecule has 0 aromatic heterocycles.